The summed E-state index contributed by atoms with van der Waals surface area (Å²) in [5, 5.41) is 8.40. The number of pyridine rings is 1. The number of rotatable bonds is 8. The molecule has 0 saturated carbocycles. The first-order valence-corrected chi connectivity index (χ1v) is 12.5. The van der Waals surface area contributed by atoms with Gasteiger partial charge in [-0.1, -0.05) is 48.0 Å². The van der Waals surface area contributed by atoms with Crippen LogP contribution >= 0.6 is 23.8 Å². The van der Waals surface area contributed by atoms with Gasteiger partial charge < -0.3 is 20.0 Å². The number of hydrogen-bond donors (Lipinski definition) is 2. The summed E-state index contributed by atoms with van der Waals surface area (Å²) in [5.74, 6) is 1.63. The molecule has 0 amide bonds. The van der Waals surface area contributed by atoms with E-state index in [4.69, 9.17) is 28.2 Å². The highest BCUT2D eigenvalue weighted by Gasteiger charge is 2.41. The molecule has 7 heteroatoms. The monoisotopic (exact) mass is 502 g/mol. The molecule has 0 bridgehead atoms. The molecule has 1 aliphatic heterocycles. The second-order valence-electron chi connectivity index (χ2n) is 8.63. The largest absolute Gasteiger partial charge is 0.459 e. The van der Waals surface area contributed by atoms with Crippen LogP contribution in [0.2, 0.25) is 5.02 Å². The van der Waals surface area contributed by atoms with Crippen LogP contribution in [0.4, 0.5) is 5.69 Å². The molecule has 0 radical (unpaired) electrons. The number of hydrogen-bond acceptors (Lipinski definition) is 4. The molecule has 1 saturated heterocycles. The van der Waals surface area contributed by atoms with E-state index in [9.17, 15) is 0 Å². The fraction of sp³-hybridized carbons (Fsp3) is 0.214. The lowest BCUT2D eigenvalue weighted by molar-refractivity contribution is 0.274. The molecule has 0 aliphatic carbocycles. The van der Waals surface area contributed by atoms with E-state index in [1.54, 1.807) is 0 Å². The van der Waals surface area contributed by atoms with Crippen LogP contribution in [0.3, 0.4) is 0 Å². The molecule has 4 aromatic rings. The number of benzene rings is 2. The number of furan rings is 1. The zero-order chi connectivity index (χ0) is 24.2. The summed E-state index contributed by atoms with van der Waals surface area (Å²) >= 11 is 12.1. The maximum absolute atomic E-state index is 6.41. The molecule has 2 atom stereocenters. The van der Waals surface area contributed by atoms with E-state index in [1.807, 2.05) is 79.9 Å². The molecule has 0 spiro atoms. The van der Waals surface area contributed by atoms with Crippen LogP contribution in [0, 0.1) is 6.92 Å². The highest BCUT2D eigenvalue weighted by molar-refractivity contribution is 7.80. The van der Waals surface area contributed by atoms with Crippen LogP contribution in [0.25, 0.3) is 11.3 Å². The zero-order valence-electron chi connectivity index (χ0n) is 19.4. The molecule has 178 valence electrons. The van der Waals surface area contributed by atoms with Gasteiger partial charge in [0.2, 0.25) is 0 Å². The van der Waals surface area contributed by atoms with E-state index >= 15 is 0 Å². The van der Waals surface area contributed by atoms with Crippen LogP contribution in [-0.2, 0) is 0 Å². The third kappa shape index (κ3) is 5.19. The highest BCUT2D eigenvalue weighted by Crippen LogP contribution is 2.40. The second-order valence-corrected chi connectivity index (χ2v) is 9.43. The first-order valence-electron chi connectivity index (χ1n) is 11.7. The average molecular weight is 503 g/mol. The van der Waals surface area contributed by atoms with Crippen LogP contribution in [0.15, 0.2) is 89.5 Å². The van der Waals surface area contributed by atoms with Crippen LogP contribution < -0.4 is 10.6 Å². The van der Waals surface area contributed by atoms with Gasteiger partial charge in [0.15, 0.2) is 5.11 Å². The number of nitrogens with one attached hydrogen (secondary N) is 2. The Morgan fingerprint density at radius 1 is 1.06 bits per heavy atom. The molecule has 35 heavy (non-hydrogen) atoms. The van der Waals surface area contributed by atoms with E-state index in [0.717, 1.165) is 58.6 Å². The first-order chi connectivity index (χ1) is 17.1. The van der Waals surface area contributed by atoms with Crippen molar-refractivity contribution in [3.63, 3.8) is 0 Å². The fourth-order valence-electron chi connectivity index (χ4n) is 4.41. The van der Waals surface area contributed by atoms with E-state index in [2.05, 4.69) is 32.7 Å². The van der Waals surface area contributed by atoms with Crippen LogP contribution in [-0.4, -0.2) is 28.1 Å². The van der Waals surface area contributed by atoms with Gasteiger partial charge in [-0.2, -0.15) is 0 Å². The smallest absolute Gasteiger partial charge is 0.170 e. The van der Waals surface area contributed by atoms with E-state index in [-0.39, 0.29) is 12.1 Å². The molecule has 2 N–H and O–H groups in total. The molecule has 2 aromatic carbocycles. The van der Waals surface area contributed by atoms with Crippen LogP contribution in [0.1, 0.15) is 35.5 Å². The van der Waals surface area contributed by atoms with E-state index < -0.39 is 0 Å². The fourth-order valence-corrected chi connectivity index (χ4v) is 4.92. The van der Waals surface area contributed by atoms with Crippen LogP contribution in [0.5, 0.6) is 0 Å². The number of aromatic nitrogens is 1. The third-order valence-corrected chi connectivity index (χ3v) is 7.01. The van der Waals surface area contributed by atoms with Crippen molar-refractivity contribution in [1.29, 1.82) is 0 Å². The quantitative estimate of drug-likeness (QED) is 0.204. The number of aryl methyl sites for hydroxylation is 1. The van der Waals surface area contributed by atoms with Gasteiger partial charge in [0.1, 0.15) is 17.6 Å². The summed E-state index contributed by atoms with van der Waals surface area (Å²) in [6.07, 6.45) is 2.73. The summed E-state index contributed by atoms with van der Waals surface area (Å²) in [4.78, 5) is 6.82. The normalized spacial score (nSPS) is 17.4. The Balaban J connectivity index is 1.39. The van der Waals surface area contributed by atoms with Crippen molar-refractivity contribution in [2.75, 3.05) is 18.4 Å². The third-order valence-electron chi connectivity index (χ3n) is 6.25. The summed E-state index contributed by atoms with van der Waals surface area (Å²) in [7, 11) is 0. The number of thiocarbonyl (C=S) groups is 1. The lowest BCUT2D eigenvalue weighted by Gasteiger charge is -2.26. The lowest BCUT2D eigenvalue weighted by atomic mass is 10.0. The molecule has 3 heterocycles. The second kappa shape index (κ2) is 10.5. The molecular formula is C28H27ClN4OS. The minimum atomic E-state index is -0.108. The SMILES string of the molecule is Cc1ccc(-c2ccc([C@@H]3[C@@H](c4ccccn4)NC(=S)N3CCCNc3ccccc3)o2)cc1Cl. The van der Waals surface area contributed by atoms with Crippen molar-refractivity contribution in [2.24, 2.45) is 0 Å². The summed E-state index contributed by atoms with van der Waals surface area (Å²) in [6, 6.07) is 26.0. The summed E-state index contributed by atoms with van der Waals surface area (Å²) in [5.41, 5.74) is 4.04. The summed E-state index contributed by atoms with van der Waals surface area (Å²) in [6.45, 7) is 3.62. The standard InChI is InChI=1S/C28H27ClN4OS/c1-19-11-12-20(18-22(19)29)24-13-14-25(34-24)27-26(23-10-5-6-15-31-23)32-28(35)33(27)17-7-16-30-21-8-3-2-4-9-21/h2-6,8-15,18,26-27,30H,7,16-17H2,1H3,(H,32,35)/t26-,27-/m1/s1. The number of halogens is 1. The van der Waals surface area contributed by atoms with Crippen molar-refractivity contribution >= 4 is 34.6 Å². The summed E-state index contributed by atoms with van der Waals surface area (Å²) < 4.78 is 6.41. The van der Waals surface area contributed by atoms with Gasteiger partial charge >= 0.3 is 0 Å². The van der Waals surface area contributed by atoms with Gasteiger partial charge in [-0.05, 0) is 73.6 Å². The van der Waals surface area contributed by atoms with Gasteiger partial charge in [0.25, 0.3) is 0 Å². The molecule has 5 nitrogen and oxygen atoms in total. The molecule has 5 rings (SSSR count). The van der Waals surface area contributed by atoms with Gasteiger partial charge in [0.05, 0.1) is 11.7 Å². The van der Waals surface area contributed by atoms with Crippen molar-refractivity contribution in [3.05, 3.63) is 107 Å². The van der Waals surface area contributed by atoms with Crippen molar-refractivity contribution in [1.82, 2.24) is 15.2 Å². The molecular weight excluding hydrogens is 476 g/mol. The number of nitrogens with zero attached hydrogens (tertiary/aromatic N) is 2. The van der Waals surface area contributed by atoms with Gasteiger partial charge in [-0.3, -0.25) is 4.98 Å². The van der Waals surface area contributed by atoms with Gasteiger partial charge in [-0.25, -0.2) is 0 Å². The zero-order valence-corrected chi connectivity index (χ0v) is 21.0. The highest BCUT2D eigenvalue weighted by atomic mass is 35.5. The van der Waals surface area contributed by atoms with E-state index in [0.29, 0.717) is 5.11 Å². The molecule has 1 fully saturated rings. The average Bonchev–Trinajstić information content (AvgIpc) is 3.49. The Morgan fingerprint density at radius 3 is 2.66 bits per heavy atom. The minimum absolute atomic E-state index is 0.105. The molecule has 0 unspecified atom stereocenters. The maximum atomic E-state index is 6.41. The number of anilines is 1. The van der Waals surface area contributed by atoms with Crippen molar-refractivity contribution in [2.45, 2.75) is 25.4 Å². The predicted octanol–water partition coefficient (Wildman–Crippen LogP) is 6.78. The van der Waals surface area contributed by atoms with Gasteiger partial charge in [0, 0.05) is 35.6 Å². The Hall–Kier alpha value is -3.35. The van der Waals surface area contributed by atoms with E-state index in [1.165, 1.54) is 0 Å². The van der Waals surface area contributed by atoms with Crippen molar-refractivity contribution < 1.29 is 4.42 Å². The lowest BCUT2D eigenvalue weighted by Crippen LogP contribution is -2.31. The van der Waals surface area contributed by atoms with Crippen molar-refractivity contribution in [3.8, 4) is 11.3 Å². The number of para-hydroxylation sites is 1. The van der Waals surface area contributed by atoms with Gasteiger partial charge in [-0.15, -0.1) is 0 Å². The Morgan fingerprint density at radius 2 is 1.89 bits per heavy atom. The first kappa shape index (κ1) is 23.4. The Labute approximate surface area is 216 Å². The topological polar surface area (TPSA) is 53.3 Å². The maximum Gasteiger partial charge on any atom is 0.170 e. The Bertz CT molecular complexity index is 1290. The minimum Gasteiger partial charge on any atom is -0.459 e. The predicted molar refractivity (Wildman–Crippen MR) is 146 cm³/mol. The molecule has 2 aromatic heterocycles. The Kier molecular flexibility index (Phi) is 7.02. The molecule has 1 aliphatic rings.